The van der Waals surface area contributed by atoms with E-state index in [1.807, 2.05) is 0 Å². The van der Waals surface area contributed by atoms with Gasteiger partial charge in [0.25, 0.3) is 0 Å². The van der Waals surface area contributed by atoms with Crippen LogP contribution in [0.15, 0.2) is 18.2 Å². The monoisotopic (exact) mass is 323 g/mol. The summed E-state index contributed by atoms with van der Waals surface area (Å²) in [6, 6.07) is 2.86. The maximum absolute atomic E-state index is 13.7. The van der Waals surface area contributed by atoms with E-state index in [-0.39, 0.29) is 11.3 Å². The van der Waals surface area contributed by atoms with Gasteiger partial charge in [0.2, 0.25) is 0 Å². The first-order chi connectivity index (χ1) is 10.1. The van der Waals surface area contributed by atoms with Crippen molar-refractivity contribution in [3.63, 3.8) is 0 Å². The highest BCUT2D eigenvalue weighted by Gasteiger charge is 2.48. The van der Waals surface area contributed by atoms with Gasteiger partial charge in [-0.2, -0.15) is 13.2 Å². The van der Waals surface area contributed by atoms with Crippen LogP contribution in [-0.4, -0.2) is 30.3 Å². The Bertz CT molecular complexity index is 588. The van der Waals surface area contributed by atoms with E-state index >= 15 is 0 Å². The van der Waals surface area contributed by atoms with Gasteiger partial charge in [0.1, 0.15) is 0 Å². The van der Waals surface area contributed by atoms with E-state index in [0.29, 0.717) is 6.07 Å². The van der Waals surface area contributed by atoms with Gasteiger partial charge in [-0.1, -0.05) is 13.0 Å². The summed E-state index contributed by atoms with van der Waals surface area (Å²) in [4.78, 5) is 22.6. The number of carboxylic acids is 1. The minimum atomic E-state index is -5.26. The summed E-state index contributed by atoms with van der Waals surface area (Å²) in [6.07, 6.45) is -5.68. The fraction of sp³-hybridized carbons (Fsp3) is 0.385. The van der Waals surface area contributed by atoms with Gasteiger partial charge in [0.05, 0.1) is 7.11 Å². The molecule has 0 aliphatic rings. The van der Waals surface area contributed by atoms with E-state index in [9.17, 15) is 32.3 Å². The molecule has 1 aromatic carbocycles. The van der Waals surface area contributed by atoms with Gasteiger partial charge in [-0.15, -0.1) is 0 Å². The third kappa shape index (κ3) is 3.29. The van der Waals surface area contributed by atoms with Crippen LogP contribution in [0, 0.1) is 5.82 Å². The Morgan fingerprint density at radius 1 is 1.32 bits per heavy atom. The molecule has 1 atom stereocenters. The predicted octanol–water partition coefficient (Wildman–Crippen LogP) is 2.20. The first-order valence-corrected chi connectivity index (χ1v) is 6.05. The van der Waals surface area contributed by atoms with Gasteiger partial charge in [-0.05, 0) is 24.1 Å². The number of rotatable bonds is 5. The van der Waals surface area contributed by atoms with E-state index in [4.69, 9.17) is 0 Å². The summed E-state index contributed by atoms with van der Waals surface area (Å²) in [5.41, 5.74) is -2.74. The van der Waals surface area contributed by atoms with Crippen LogP contribution in [0.2, 0.25) is 0 Å². The van der Waals surface area contributed by atoms with Crippen molar-refractivity contribution in [2.45, 2.75) is 25.1 Å². The molecule has 0 aliphatic carbocycles. The Morgan fingerprint density at radius 3 is 2.27 bits per heavy atom. The highest BCUT2D eigenvalue weighted by Crippen LogP contribution is 2.30. The first kappa shape index (κ1) is 17.7. The second-order valence-corrected chi connectivity index (χ2v) is 4.37. The quantitative estimate of drug-likeness (QED) is 0.815. The second-order valence-electron chi connectivity index (χ2n) is 4.37. The van der Waals surface area contributed by atoms with Crippen LogP contribution < -0.4 is 10.1 Å². The van der Waals surface area contributed by atoms with Crippen LogP contribution in [0.3, 0.4) is 0 Å². The topological polar surface area (TPSA) is 75.6 Å². The third-order valence-corrected chi connectivity index (χ3v) is 3.12. The average Bonchev–Trinajstić information content (AvgIpc) is 2.43. The van der Waals surface area contributed by atoms with Crippen LogP contribution in [0.4, 0.5) is 17.6 Å². The third-order valence-electron chi connectivity index (χ3n) is 3.12. The molecule has 0 spiro atoms. The maximum atomic E-state index is 13.7. The molecule has 22 heavy (non-hydrogen) atoms. The molecule has 0 bridgehead atoms. The number of ether oxygens (including phenoxy) is 1. The normalized spacial score (nSPS) is 14.1. The van der Waals surface area contributed by atoms with E-state index in [0.717, 1.165) is 12.1 Å². The van der Waals surface area contributed by atoms with Crippen LogP contribution in [0.5, 0.6) is 5.75 Å². The number of carbonyl (C=O) groups is 2. The molecular formula is C13H13F4NO4. The number of alkyl halides is 3. The molecule has 0 aliphatic heterocycles. The number of carbonyl (C=O) groups excluding carboxylic acids is 1. The summed E-state index contributed by atoms with van der Waals surface area (Å²) in [7, 11) is 1.17. The molecular weight excluding hydrogens is 310 g/mol. The van der Waals surface area contributed by atoms with Crippen molar-refractivity contribution in [3.05, 3.63) is 29.6 Å². The van der Waals surface area contributed by atoms with E-state index in [2.05, 4.69) is 4.74 Å². The molecule has 5 nitrogen and oxygen atoms in total. The number of methoxy groups -OCH3 is 1. The fourth-order valence-electron chi connectivity index (χ4n) is 1.89. The lowest BCUT2D eigenvalue weighted by atomic mass is 9.87. The Kier molecular flexibility index (Phi) is 5.00. The molecule has 0 saturated heterocycles. The lowest BCUT2D eigenvalue weighted by Crippen LogP contribution is -2.55. The second kappa shape index (κ2) is 6.20. The number of hydrogen-bond acceptors (Lipinski definition) is 3. The van der Waals surface area contributed by atoms with Gasteiger partial charge in [0, 0.05) is 0 Å². The van der Waals surface area contributed by atoms with Crippen molar-refractivity contribution in [3.8, 4) is 5.75 Å². The first-order valence-electron chi connectivity index (χ1n) is 6.05. The number of amides is 1. The van der Waals surface area contributed by atoms with Gasteiger partial charge in [-0.3, -0.25) is 4.79 Å². The van der Waals surface area contributed by atoms with Crippen molar-refractivity contribution < 1.29 is 37.0 Å². The minimum Gasteiger partial charge on any atom is -0.494 e. The lowest BCUT2D eigenvalue weighted by molar-refractivity contribution is -0.178. The number of aliphatic carboxylic acids is 1. The molecule has 0 saturated carbocycles. The van der Waals surface area contributed by atoms with Crippen molar-refractivity contribution in [1.82, 2.24) is 5.32 Å². The summed E-state index contributed by atoms with van der Waals surface area (Å²) in [5, 5.41) is 10.7. The van der Waals surface area contributed by atoms with Crippen molar-refractivity contribution >= 4 is 11.9 Å². The fourth-order valence-corrected chi connectivity index (χ4v) is 1.89. The Balaban J connectivity index is 3.37. The predicted molar refractivity (Wildman–Crippen MR) is 66.8 cm³/mol. The summed E-state index contributed by atoms with van der Waals surface area (Å²) in [6.45, 7) is 1.26. The van der Waals surface area contributed by atoms with Crippen LogP contribution in [-0.2, 0) is 15.1 Å². The molecule has 1 amide bonds. The molecule has 9 heteroatoms. The molecule has 2 N–H and O–H groups in total. The zero-order valence-electron chi connectivity index (χ0n) is 11.6. The number of hydrogen-bond donors (Lipinski definition) is 2. The molecule has 1 rings (SSSR count). The highest BCUT2D eigenvalue weighted by molar-refractivity contribution is 5.90. The molecule has 0 heterocycles. The summed E-state index contributed by atoms with van der Waals surface area (Å²) in [5.74, 6) is -5.33. The van der Waals surface area contributed by atoms with Crippen molar-refractivity contribution in [2.24, 2.45) is 0 Å². The lowest BCUT2D eigenvalue weighted by Gasteiger charge is -2.30. The zero-order chi connectivity index (χ0) is 17.1. The zero-order valence-corrected chi connectivity index (χ0v) is 11.6. The van der Waals surface area contributed by atoms with Gasteiger partial charge >= 0.3 is 18.1 Å². The molecule has 1 aromatic rings. The van der Waals surface area contributed by atoms with Gasteiger partial charge in [0.15, 0.2) is 17.1 Å². The Labute approximate surface area is 122 Å². The number of carboxylic acid groups (broad SMARTS) is 1. The summed E-state index contributed by atoms with van der Waals surface area (Å²) < 4.78 is 55.5. The number of benzene rings is 1. The summed E-state index contributed by atoms with van der Waals surface area (Å²) >= 11 is 0. The standard InChI is InChI=1S/C13H13F4NO4/c1-3-12(11(20)21,18-10(19)13(15,16)17)7-4-5-9(22-2)8(14)6-7/h4-6H,3H2,1-2H3,(H,18,19)(H,20,21). The smallest absolute Gasteiger partial charge is 0.471 e. The molecule has 1 unspecified atom stereocenters. The number of halogens is 4. The Morgan fingerprint density at radius 2 is 1.91 bits per heavy atom. The van der Waals surface area contributed by atoms with E-state index < -0.39 is 35.8 Å². The van der Waals surface area contributed by atoms with Crippen LogP contribution in [0.25, 0.3) is 0 Å². The van der Waals surface area contributed by atoms with Crippen LogP contribution in [0.1, 0.15) is 18.9 Å². The average molecular weight is 323 g/mol. The van der Waals surface area contributed by atoms with Crippen LogP contribution >= 0.6 is 0 Å². The van der Waals surface area contributed by atoms with Crippen molar-refractivity contribution in [1.29, 1.82) is 0 Å². The van der Waals surface area contributed by atoms with E-state index in [1.165, 1.54) is 19.4 Å². The van der Waals surface area contributed by atoms with Gasteiger partial charge in [-0.25, -0.2) is 9.18 Å². The molecule has 0 fully saturated rings. The Hall–Kier alpha value is -2.32. The van der Waals surface area contributed by atoms with E-state index in [1.54, 1.807) is 0 Å². The minimum absolute atomic E-state index is 0.207. The molecule has 0 radical (unpaired) electrons. The number of nitrogens with one attached hydrogen (secondary N) is 1. The maximum Gasteiger partial charge on any atom is 0.471 e. The van der Waals surface area contributed by atoms with Crippen molar-refractivity contribution in [2.75, 3.05) is 7.11 Å². The van der Waals surface area contributed by atoms with Gasteiger partial charge < -0.3 is 15.2 Å². The highest BCUT2D eigenvalue weighted by atomic mass is 19.4. The largest absolute Gasteiger partial charge is 0.494 e. The SMILES string of the molecule is CCC(NC(=O)C(F)(F)F)(C(=O)O)c1ccc(OC)c(F)c1. The molecule has 0 aromatic heterocycles. The molecule has 122 valence electrons.